The van der Waals surface area contributed by atoms with Crippen molar-refractivity contribution in [3.8, 4) is 0 Å². The summed E-state index contributed by atoms with van der Waals surface area (Å²) in [6.45, 7) is 2.21. The molecule has 1 saturated carbocycles. The van der Waals surface area contributed by atoms with E-state index in [-0.39, 0.29) is 12.4 Å². The maximum Gasteiger partial charge on any atom is 0.0112 e. The van der Waals surface area contributed by atoms with Gasteiger partial charge in [-0.05, 0) is 24.3 Å². The molecule has 2 heteroatoms. The van der Waals surface area contributed by atoms with Gasteiger partial charge in [-0.15, -0.1) is 12.4 Å². The predicted molar refractivity (Wildman–Crippen MR) is 68.0 cm³/mol. The number of benzene rings is 1. The van der Waals surface area contributed by atoms with Gasteiger partial charge in [0, 0.05) is 6.04 Å². The Morgan fingerprint density at radius 2 is 2.00 bits per heavy atom. The van der Waals surface area contributed by atoms with Crippen LogP contribution in [0.25, 0.3) is 6.08 Å². The first-order valence-corrected chi connectivity index (χ1v) is 5.32. The normalized spacial score (nSPS) is 24.5. The summed E-state index contributed by atoms with van der Waals surface area (Å²) in [5.74, 6) is 0.653. The molecule has 1 aromatic rings. The van der Waals surface area contributed by atoms with Gasteiger partial charge in [0.1, 0.15) is 0 Å². The van der Waals surface area contributed by atoms with E-state index in [0.29, 0.717) is 12.0 Å². The first-order valence-electron chi connectivity index (χ1n) is 5.32. The lowest BCUT2D eigenvalue weighted by Gasteiger charge is -2.02. The van der Waals surface area contributed by atoms with Gasteiger partial charge in [-0.25, -0.2) is 0 Å². The predicted octanol–water partition coefficient (Wildman–Crippen LogP) is 3.25. The first kappa shape index (κ1) is 12.3. The van der Waals surface area contributed by atoms with E-state index in [0.717, 1.165) is 6.42 Å². The molecule has 2 N–H and O–H groups in total. The van der Waals surface area contributed by atoms with Crippen LogP contribution in [0.5, 0.6) is 0 Å². The zero-order valence-electron chi connectivity index (χ0n) is 9.02. The van der Waals surface area contributed by atoms with Crippen molar-refractivity contribution >= 4 is 18.5 Å². The fourth-order valence-corrected chi connectivity index (χ4v) is 1.88. The summed E-state index contributed by atoms with van der Waals surface area (Å²) in [7, 11) is 0. The molecule has 1 nitrogen and oxygen atoms in total. The van der Waals surface area contributed by atoms with E-state index in [2.05, 4.69) is 37.3 Å². The number of rotatable bonds is 3. The monoisotopic (exact) mass is 223 g/mol. The quantitative estimate of drug-likeness (QED) is 0.837. The molecule has 1 aliphatic carbocycles. The molecule has 0 unspecified atom stereocenters. The topological polar surface area (TPSA) is 26.0 Å². The van der Waals surface area contributed by atoms with Crippen molar-refractivity contribution in [3.63, 3.8) is 0 Å². The molecule has 2 atom stereocenters. The third kappa shape index (κ3) is 3.08. The minimum Gasteiger partial charge on any atom is -0.327 e. The number of hydrogen-bond donors (Lipinski definition) is 1. The molecule has 0 radical (unpaired) electrons. The molecule has 1 fully saturated rings. The summed E-state index contributed by atoms with van der Waals surface area (Å²) in [6, 6.07) is 10.9. The SMILES string of the molecule is CCC(=Cc1ccccc1)[C@H]1C[C@@H]1N.Cl. The van der Waals surface area contributed by atoms with Crippen molar-refractivity contribution in [1.82, 2.24) is 0 Å². The van der Waals surface area contributed by atoms with Gasteiger partial charge in [0.25, 0.3) is 0 Å². The second-order valence-electron chi connectivity index (χ2n) is 3.99. The van der Waals surface area contributed by atoms with Crippen molar-refractivity contribution in [3.05, 3.63) is 41.5 Å². The molecule has 1 aromatic carbocycles. The zero-order chi connectivity index (χ0) is 9.97. The summed E-state index contributed by atoms with van der Waals surface area (Å²) in [6.07, 6.45) is 4.58. The molecule has 0 aliphatic heterocycles. The Kier molecular flexibility index (Phi) is 4.37. The lowest BCUT2D eigenvalue weighted by molar-refractivity contribution is 0.870. The Morgan fingerprint density at radius 1 is 1.40 bits per heavy atom. The maximum atomic E-state index is 5.86. The van der Waals surface area contributed by atoms with Crippen LogP contribution < -0.4 is 5.73 Å². The van der Waals surface area contributed by atoms with Crippen LogP contribution in [0.4, 0.5) is 0 Å². The van der Waals surface area contributed by atoms with Crippen LogP contribution in [0, 0.1) is 5.92 Å². The second-order valence-corrected chi connectivity index (χ2v) is 3.99. The van der Waals surface area contributed by atoms with Gasteiger partial charge in [-0.1, -0.05) is 48.9 Å². The third-order valence-corrected chi connectivity index (χ3v) is 2.88. The molecule has 0 spiro atoms. The van der Waals surface area contributed by atoms with E-state index in [9.17, 15) is 0 Å². The first-order chi connectivity index (χ1) is 6.81. The van der Waals surface area contributed by atoms with Gasteiger partial charge < -0.3 is 5.73 Å². The summed E-state index contributed by atoms with van der Waals surface area (Å²) >= 11 is 0. The molecule has 2 rings (SSSR count). The van der Waals surface area contributed by atoms with Crippen molar-refractivity contribution in [2.75, 3.05) is 0 Å². The molecule has 82 valence electrons. The number of nitrogens with two attached hydrogens (primary N) is 1. The van der Waals surface area contributed by atoms with Crippen molar-refractivity contribution in [2.45, 2.75) is 25.8 Å². The van der Waals surface area contributed by atoms with Crippen LogP contribution in [0.3, 0.4) is 0 Å². The summed E-state index contributed by atoms with van der Waals surface area (Å²) in [4.78, 5) is 0. The average molecular weight is 224 g/mol. The number of hydrogen-bond acceptors (Lipinski definition) is 1. The van der Waals surface area contributed by atoms with Crippen LogP contribution in [-0.2, 0) is 0 Å². The van der Waals surface area contributed by atoms with E-state index in [1.807, 2.05) is 6.07 Å². The Hall–Kier alpha value is -0.790. The largest absolute Gasteiger partial charge is 0.327 e. The Balaban J connectivity index is 0.00000112. The fourth-order valence-electron chi connectivity index (χ4n) is 1.88. The van der Waals surface area contributed by atoms with E-state index in [1.54, 1.807) is 0 Å². The smallest absolute Gasteiger partial charge is 0.0112 e. The summed E-state index contributed by atoms with van der Waals surface area (Å²) < 4.78 is 0. The fraction of sp³-hybridized carbons (Fsp3) is 0.385. The van der Waals surface area contributed by atoms with Gasteiger partial charge in [-0.2, -0.15) is 0 Å². The molecular formula is C13H18ClN. The van der Waals surface area contributed by atoms with E-state index >= 15 is 0 Å². The molecule has 0 heterocycles. The van der Waals surface area contributed by atoms with Gasteiger partial charge in [0.15, 0.2) is 0 Å². The van der Waals surface area contributed by atoms with Crippen molar-refractivity contribution < 1.29 is 0 Å². The molecule has 15 heavy (non-hydrogen) atoms. The van der Waals surface area contributed by atoms with Gasteiger partial charge in [0.05, 0.1) is 0 Å². The van der Waals surface area contributed by atoms with Crippen molar-refractivity contribution in [2.24, 2.45) is 11.7 Å². The lowest BCUT2D eigenvalue weighted by atomic mass is 10.0. The minimum atomic E-state index is 0. The molecule has 0 aromatic heterocycles. The Bertz CT molecular complexity index is 332. The average Bonchev–Trinajstić information content (AvgIpc) is 2.93. The summed E-state index contributed by atoms with van der Waals surface area (Å²) in [5.41, 5.74) is 8.65. The third-order valence-electron chi connectivity index (χ3n) is 2.88. The van der Waals surface area contributed by atoms with E-state index < -0.39 is 0 Å². The molecule has 0 amide bonds. The van der Waals surface area contributed by atoms with Crippen LogP contribution in [0.1, 0.15) is 25.3 Å². The standard InChI is InChI=1S/C13H17N.ClH/c1-2-11(12-9-13(12)14)8-10-6-4-3-5-7-10;/h3-8,12-13H,2,9,14H2,1H3;1H/t12-,13+;/m1./s1. The highest BCUT2D eigenvalue weighted by Gasteiger charge is 2.35. The van der Waals surface area contributed by atoms with E-state index in [4.69, 9.17) is 5.73 Å². The molecule has 0 bridgehead atoms. The maximum absolute atomic E-state index is 5.86. The highest BCUT2D eigenvalue weighted by atomic mass is 35.5. The number of halogens is 1. The zero-order valence-corrected chi connectivity index (χ0v) is 9.84. The van der Waals surface area contributed by atoms with Crippen molar-refractivity contribution in [1.29, 1.82) is 0 Å². The van der Waals surface area contributed by atoms with Crippen LogP contribution in [0.15, 0.2) is 35.9 Å². The van der Waals surface area contributed by atoms with Gasteiger partial charge in [0.2, 0.25) is 0 Å². The van der Waals surface area contributed by atoms with E-state index in [1.165, 1.54) is 17.6 Å². The second kappa shape index (κ2) is 5.34. The van der Waals surface area contributed by atoms with Gasteiger partial charge >= 0.3 is 0 Å². The summed E-state index contributed by atoms with van der Waals surface area (Å²) in [5, 5.41) is 0. The van der Waals surface area contributed by atoms with Gasteiger partial charge in [-0.3, -0.25) is 0 Å². The lowest BCUT2D eigenvalue weighted by Crippen LogP contribution is -2.03. The molecule has 1 aliphatic rings. The molecular weight excluding hydrogens is 206 g/mol. The highest BCUT2D eigenvalue weighted by molar-refractivity contribution is 5.85. The molecule has 0 saturated heterocycles. The minimum absolute atomic E-state index is 0. The van der Waals surface area contributed by atoms with Crippen LogP contribution >= 0.6 is 12.4 Å². The highest BCUT2D eigenvalue weighted by Crippen LogP contribution is 2.37. The Labute approximate surface area is 97.8 Å². The Morgan fingerprint density at radius 3 is 2.47 bits per heavy atom. The van der Waals surface area contributed by atoms with Crippen LogP contribution in [0.2, 0.25) is 0 Å². The van der Waals surface area contributed by atoms with Crippen LogP contribution in [-0.4, -0.2) is 6.04 Å².